The van der Waals surface area contributed by atoms with Crippen molar-refractivity contribution in [3.05, 3.63) is 57.5 Å². The maximum atomic E-state index is 12.5. The molecule has 4 aromatic rings. The van der Waals surface area contributed by atoms with Crippen LogP contribution in [0, 0.1) is 18.3 Å². The second kappa shape index (κ2) is 8.46. The number of ether oxygens (including phenoxy) is 1. The molecule has 0 bridgehead atoms. The summed E-state index contributed by atoms with van der Waals surface area (Å²) in [5.74, 6) is -0.673. The van der Waals surface area contributed by atoms with Gasteiger partial charge in [0.05, 0.1) is 25.2 Å². The smallest absolute Gasteiger partial charge is 0.306 e. The lowest BCUT2D eigenvalue weighted by atomic mass is 9.83. The Kier molecular flexibility index (Phi) is 5.72. The third-order valence-electron chi connectivity index (χ3n) is 5.57. The van der Waals surface area contributed by atoms with Crippen molar-refractivity contribution >= 4 is 38.4 Å². The number of aliphatic hydroxyl groups excluding tert-OH is 1. The number of nitriles is 1. The van der Waals surface area contributed by atoms with Gasteiger partial charge in [0, 0.05) is 17.7 Å². The van der Waals surface area contributed by atoms with Gasteiger partial charge in [-0.05, 0) is 65.1 Å². The second-order valence-corrected chi connectivity index (χ2v) is 8.32. The molecule has 0 radical (unpaired) electrons. The van der Waals surface area contributed by atoms with Crippen LogP contribution in [0.5, 0.6) is 0 Å². The summed E-state index contributed by atoms with van der Waals surface area (Å²) in [6, 6.07) is 10.0. The van der Waals surface area contributed by atoms with Crippen LogP contribution in [0.1, 0.15) is 47.1 Å². The number of thiophene rings is 1. The molecule has 1 atom stereocenters. The van der Waals surface area contributed by atoms with Gasteiger partial charge in [-0.1, -0.05) is 11.3 Å². The quantitative estimate of drug-likeness (QED) is 0.461. The van der Waals surface area contributed by atoms with E-state index in [0.717, 1.165) is 32.3 Å². The highest BCUT2D eigenvalue weighted by Gasteiger charge is 2.25. The van der Waals surface area contributed by atoms with Crippen LogP contribution in [0.2, 0.25) is 0 Å². The third-order valence-corrected chi connectivity index (χ3v) is 6.57. The predicted molar refractivity (Wildman–Crippen MR) is 119 cm³/mol. The van der Waals surface area contributed by atoms with Crippen molar-refractivity contribution in [1.29, 1.82) is 5.26 Å². The molecule has 8 heteroatoms. The normalized spacial score (nSPS) is 12.2. The molecule has 0 saturated carbocycles. The highest BCUT2D eigenvalue weighted by atomic mass is 32.1. The Morgan fingerprint density at radius 3 is 2.90 bits per heavy atom. The highest BCUT2D eigenvalue weighted by molar-refractivity contribution is 7.17. The van der Waals surface area contributed by atoms with Crippen molar-refractivity contribution in [2.24, 2.45) is 7.05 Å². The standard InChI is InChI=1S/C23H22N4O3S/c1-4-30-20(29)10-19(15-7-14-5-6-31-23(14)17(8-15)12-28)18-9-16(11-24)22-21(13(18)2)25-26-27(22)3/h5-9,19,28H,4,10,12H2,1-3H3. The number of hydrogen-bond donors (Lipinski definition) is 1. The first-order valence-electron chi connectivity index (χ1n) is 9.97. The zero-order chi connectivity index (χ0) is 22.1. The number of esters is 1. The first kappa shape index (κ1) is 21.0. The minimum absolute atomic E-state index is 0.0946. The van der Waals surface area contributed by atoms with E-state index in [-0.39, 0.29) is 24.9 Å². The van der Waals surface area contributed by atoms with Crippen LogP contribution in [-0.4, -0.2) is 32.7 Å². The lowest BCUT2D eigenvalue weighted by Crippen LogP contribution is -2.13. The number of hydrogen-bond acceptors (Lipinski definition) is 7. The van der Waals surface area contributed by atoms with E-state index in [9.17, 15) is 15.2 Å². The van der Waals surface area contributed by atoms with E-state index in [0.29, 0.717) is 23.2 Å². The van der Waals surface area contributed by atoms with Crippen LogP contribution in [0.4, 0.5) is 0 Å². The summed E-state index contributed by atoms with van der Waals surface area (Å²) in [5, 5.41) is 31.0. The third kappa shape index (κ3) is 3.67. The molecule has 0 aliphatic rings. The van der Waals surface area contributed by atoms with Crippen molar-refractivity contribution in [1.82, 2.24) is 15.0 Å². The van der Waals surface area contributed by atoms with Crippen LogP contribution < -0.4 is 0 Å². The second-order valence-electron chi connectivity index (χ2n) is 7.40. The number of nitrogens with zero attached hydrogens (tertiary/aromatic N) is 4. The van der Waals surface area contributed by atoms with Gasteiger partial charge in [-0.2, -0.15) is 5.26 Å². The Balaban J connectivity index is 1.96. The Bertz CT molecular complexity index is 1330. The van der Waals surface area contributed by atoms with E-state index < -0.39 is 0 Å². The molecular formula is C23H22N4O3S. The van der Waals surface area contributed by atoms with Crippen molar-refractivity contribution < 1.29 is 14.6 Å². The number of rotatable bonds is 6. The monoisotopic (exact) mass is 434 g/mol. The van der Waals surface area contributed by atoms with Gasteiger partial charge in [0.2, 0.25) is 0 Å². The van der Waals surface area contributed by atoms with E-state index in [1.807, 2.05) is 36.6 Å². The zero-order valence-corrected chi connectivity index (χ0v) is 18.4. The number of fused-ring (bicyclic) bond motifs is 2. The van der Waals surface area contributed by atoms with Crippen molar-refractivity contribution in [3.63, 3.8) is 0 Å². The fraction of sp³-hybridized carbons (Fsp3) is 0.304. The average Bonchev–Trinajstić information content (AvgIpc) is 3.39. The van der Waals surface area contributed by atoms with Crippen molar-refractivity contribution in [2.45, 2.75) is 32.8 Å². The van der Waals surface area contributed by atoms with Crippen LogP contribution in [-0.2, 0) is 23.2 Å². The van der Waals surface area contributed by atoms with Gasteiger partial charge in [0.1, 0.15) is 17.1 Å². The van der Waals surface area contributed by atoms with Crippen LogP contribution in [0.3, 0.4) is 0 Å². The van der Waals surface area contributed by atoms with Crippen LogP contribution in [0.15, 0.2) is 29.6 Å². The molecule has 0 aliphatic heterocycles. The molecule has 1 N–H and O–H groups in total. The van der Waals surface area contributed by atoms with Gasteiger partial charge in [-0.25, -0.2) is 4.68 Å². The predicted octanol–water partition coefficient (Wildman–Crippen LogP) is 3.94. The average molecular weight is 435 g/mol. The number of aryl methyl sites for hydroxylation is 2. The largest absolute Gasteiger partial charge is 0.466 e. The van der Waals surface area contributed by atoms with Crippen LogP contribution >= 0.6 is 11.3 Å². The SMILES string of the molecule is CCOC(=O)CC(c1cc(CO)c2sccc2c1)c1cc(C#N)c2c(nnn2C)c1C. The molecule has 0 spiro atoms. The van der Waals surface area contributed by atoms with Gasteiger partial charge in [0.25, 0.3) is 0 Å². The van der Waals surface area contributed by atoms with E-state index >= 15 is 0 Å². The summed E-state index contributed by atoms with van der Waals surface area (Å²) in [4.78, 5) is 12.5. The maximum Gasteiger partial charge on any atom is 0.306 e. The topological polar surface area (TPSA) is 101 Å². The van der Waals surface area contributed by atoms with Gasteiger partial charge in [-0.15, -0.1) is 16.4 Å². The lowest BCUT2D eigenvalue weighted by molar-refractivity contribution is -0.143. The summed E-state index contributed by atoms with van der Waals surface area (Å²) in [6.07, 6.45) is 0.117. The Hall–Kier alpha value is -3.28. The van der Waals surface area contributed by atoms with E-state index in [2.05, 4.69) is 16.4 Å². The molecule has 7 nitrogen and oxygen atoms in total. The van der Waals surface area contributed by atoms with Crippen LogP contribution in [0.25, 0.3) is 21.1 Å². The minimum Gasteiger partial charge on any atom is -0.466 e. The van der Waals surface area contributed by atoms with Crippen molar-refractivity contribution in [2.75, 3.05) is 6.61 Å². The molecule has 4 rings (SSSR count). The molecule has 0 fully saturated rings. The minimum atomic E-state index is -0.354. The van der Waals surface area contributed by atoms with E-state index in [1.165, 1.54) is 0 Å². The zero-order valence-electron chi connectivity index (χ0n) is 17.5. The summed E-state index contributed by atoms with van der Waals surface area (Å²) >= 11 is 1.57. The Morgan fingerprint density at radius 2 is 2.19 bits per heavy atom. The lowest BCUT2D eigenvalue weighted by Gasteiger charge is -2.21. The van der Waals surface area contributed by atoms with Crippen molar-refractivity contribution in [3.8, 4) is 6.07 Å². The first-order chi connectivity index (χ1) is 15.0. The molecule has 0 saturated heterocycles. The van der Waals surface area contributed by atoms with Gasteiger partial charge < -0.3 is 9.84 Å². The maximum absolute atomic E-state index is 12.5. The number of carbonyl (C=O) groups is 1. The molecule has 1 unspecified atom stereocenters. The van der Waals surface area contributed by atoms with Gasteiger partial charge >= 0.3 is 5.97 Å². The molecule has 2 aromatic heterocycles. The fourth-order valence-electron chi connectivity index (χ4n) is 4.12. The fourth-order valence-corrected chi connectivity index (χ4v) is 5.01. The molecule has 0 aliphatic carbocycles. The van der Waals surface area contributed by atoms with E-state index in [1.54, 1.807) is 30.0 Å². The first-order valence-corrected chi connectivity index (χ1v) is 10.9. The number of aromatic nitrogens is 3. The Labute approximate surface area is 183 Å². The number of aliphatic hydroxyl groups is 1. The summed E-state index contributed by atoms with van der Waals surface area (Å²) in [7, 11) is 1.75. The molecular weight excluding hydrogens is 412 g/mol. The molecule has 0 amide bonds. The molecule has 2 heterocycles. The highest BCUT2D eigenvalue weighted by Crippen LogP contribution is 2.38. The van der Waals surface area contributed by atoms with E-state index in [4.69, 9.17) is 4.74 Å². The summed E-state index contributed by atoms with van der Waals surface area (Å²) in [5.41, 5.74) is 5.17. The Morgan fingerprint density at radius 1 is 1.39 bits per heavy atom. The summed E-state index contributed by atoms with van der Waals surface area (Å²) < 4.78 is 7.87. The molecule has 31 heavy (non-hydrogen) atoms. The number of benzene rings is 2. The molecule has 158 valence electrons. The summed E-state index contributed by atoms with van der Waals surface area (Å²) in [6.45, 7) is 3.91. The molecule has 2 aromatic carbocycles. The van der Waals surface area contributed by atoms with Gasteiger partial charge in [-0.3, -0.25) is 4.79 Å². The van der Waals surface area contributed by atoms with Gasteiger partial charge in [0.15, 0.2) is 0 Å². The number of carbonyl (C=O) groups excluding carboxylic acids is 1.